The summed E-state index contributed by atoms with van der Waals surface area (Å²) in [5, 5.41) is 9.77. The minimum atomic E-state index is -5.08. The number of aliphatic carboxylic acids is 1. The molecule has 1 aromatic carbocycles. The van der Waals surface area contributed by atoms with Crippen molar-refractivity contribution < 1.29 is 42.1 Å². The van der Waals surface area contributed by atoms with Crippen molar-refractivity contribution in [3.63, 3.8) is 0 Å². The molecular formula is C20H26F3N3O6. The Labute approximate surface area is 183 Å². The van der Waals surface area contributed by atoms with Gasteiger partial charge in [-0.3, -0.25) is 14.5 Å². The first-order chi connectivity index (χ1) is 14.9. The van der Waals surface area contributed by atoms with Crippen LogP contribution in [-0.2, 0) is 19.1 Å². The van der Waals surface area contributed by atoms with Gasteiger partial charge in [-0.15, -0.1) is 0 Å². The normalized spacial score (nSPS) is 19.9. The Balaban J connectivity index is 0.000000451. The van der Waals surface area contributed by atoms with Crippen LogP contribution in [0.1, 0.15) is 5.56 Å². The smallest absolute Gasteiger partial charge is 0.484 e. The number of ether oxygens (including phenoxy) is 2. The van der Waals surface area contributed by atoms with Crippen LogP contribution in [0.15, 0.2) is 24.3 Å². The molecule has 2 amide bonds. The van der Waals surface area contributed by atoms with Gasteiger partial charge in [0.05, 0.1) is 19.7 Å². The summed E-state index contributed by atoms with van der Waals surface area (Å²) in [5.74, 6) is -2.16. The number of likely N-dealkylation sites (tertiary alicyclic amines) is 1. The lowest BCUT2D eigenvalue weighted by Crippen LogP contribution is -2.73. The summed E-state index contributed by atoms with van der Waals surface area (Å²) in [5.41, 5.74) is 0.788. The number of alkyl halides is 3. The highest BCUT2D eigenvalue weighted by atomic mass is 19.4. The highest BCUT2D eigenvalue weighted by molar-refractivity contribution is 5.82. The van der Waals surface area contributed by atoms with Gasteiger partial charge >= 0.3 is 12.1 Å². The third-order valence-corrected chi connectivity index (χ3v) is 5.10. The van der Waals surface area contributed by atoms with Crippen molar-refractivity contribution in [3.05, 3.63) is 29.8 Å². The van der Waals surface area contributed by atoms with E-state index in [1.807, 2.05) is 43.1 Å². The molecule has 2 aliphatic heterocycles. The average Bonchev–Trinajstić information content (AvgIpc) is 2.70. The van der Waals surface area contributed by atoms with Crippen LogP contribution >= 0.6 is 0 Å². The third-order valence-electron chi connectivity index (χ3n) is 5.10. The monoisotopic (exact) mass is 461 g/mol. The number of aryl methyl sites for hydroxylation is 1. The van der Waals surface area contributed by atoms with Crippen molar-refractivity contribution in [2.24, 2.45) is 0 Å². The number of nitrogens with one attached hydrogen (secondary N) is 1. The number of benzene rings is 1. The van der Waals surface area contributed by atoms with E-state index in [-0.39, 0.29) is 30.1 Å². The van der Waals surface area contributed by atoms with E-state index >= 15 is 0 Å². The van der Waals surface area contributed by atoms with E-state index in [9.17, 15) is 22.8 Å². The molecule has 2 N–H and O–H groups in total. The fraction of sp³-hybridized carbons (Fsp3) is 0.550. The van der Waals surface area contributed by atoms with Gasteiger partial charge in [-0.2, -0.15) is 13.2 Å². The van der Waals surface area contributed by atoms with Gasteiger partial charge in [0.15, 0.2) is 6.61 Å². The van der Waals surface area contributed by atoms with Gasteiger partial charge in [0, 0.05) is 13.6 Å². The molecule has 1 spiro atoms. The fourth-order valence-corrected chi connectivity index (χ4v) is 3.32. The number of likely N-dealkylation sites (N-methyl/N-ethyl adjacent to an activating group) is 2. The number of halogens is 3. The Morgan fingerprint density at radius 1 is 1.22 bits per heavy atom. The molecule has 32 heavy (non-hydrogen) atoms. The second-order valence-electron chi connectivity index (χ2n) is 7.69. The summed E-state index contributed by atoms with van der Waals surface area (Å²) >= 11 is 0. The molecule has 178 valence electrons. The number of amides is 2. The van der Waals surface area contributed by atoms with Crippen LogP contribution in [-0.4, -0.2) is 97.5 Å². The van der Waals surface area contributed by atoms with Crippen LogP contribution in [0.4, 0.5) is 13.2 Å². The summed E-state index contributed by atoms with van der Waals surface area (Å²) in [7, 11) is 3.54. The molecule has 2 saturated heterocycles. The minimum Gasteiger partial charge on any atom is -0.484 e. The lowest BCUT2D eigenvalue weighted by molar-refractivity contribution is -0.201. The van der Waals surface area contributed by atoms with Crippen LogP contribution in [0.2, 0.25) is 0 Å². The summed E-state index contributed by atoms with van der Waals surface area (Å²) < 4.78 is 43.2. The average molecular weight is 461 g/mol. The van der Waals surface area contributed by atoms with Crippen molar-refractivity contribution in [3.8, 4) is 5.75 Å². The van der Waals surface area contributed by atoms with E-state index in [2.05, 4.69) is 5.32 Å². The number of hydrogen-bond donors (Lipinski definition) is 2. The fourth-order valence-electron chi connectivity index (χ4n) is 3.32. The second-order valence-corrected chi connectivity index (χ2v) is 7.69. The van der Waals surface area contributed by atoms with Crippen molar-refractivity contribution in [2.75, 3.05) is 46.9 Å². The van der Waals surface area contributed by atoms with Gasteiger partial charge in [0.2, 0.25) is 5.91 Å². The highest BCUT2D eigenvalue weighted by Gasteiger charge is 2.51. The van der Waals surface area contributed by atoms with E-state index in [1.165, 1.54) is 0 Å². The molecule has 2 heterocycles. The van der Waals surface area contributed by atoms with E-state index in [0.717, 1.165) is 5.56 Å². The molecule has 1 atom stereocenters. The van der Waals surface area contributed by atoms with Crippen molar-refractivity contribution >= 4 is 17.8 Å². The molecule has 2 aliphatic rings. The van der Waals surface area contributed by atoms with Crippen molar-refractivity contribution in [1.29, 1.82) is 0 Å². The summed E-state index contributed by atoms with van der Waals surface area (Å²) in [6.07, 6.45) is -5.08. The largest absolute Gasteiger partial charge is 0.490 e. The van der Waals surface area contributed by atoms with E-state index < -0.39 is 12.1 Å². The SMILES string of the molecule is CNC(=O)C1COC2(CN(C(=O)COc3ccc(C)cc3)C2)CN1C.O=C(O)C(F)(F)F. The van der Waals surface area contributed by atoms with Crippen LogP contribution in [0.5, 0.6) is 5.75 Å². The Morgan fingerprint density at radius 2 is 1.78 bits per heavy atom. The zero-order chi connectivity index (χ0) is 24.1. The number of morpholine rings is 1. The van der Waals surface area contributed by atoms with Crippen LogP contribution < -0.4 is 10.1 Å². The molecular weight excluding hydrogens is 435 g/mol. The van der Waals surface area contributed by atoms with Gasteiger partial charge in [0.25, 0.3) is 5.91 Å². The third kappa shape index (κ3) is 6.57. The molecule has 0 saturated carbocycles. The number of hydrogen-bond acceptors (Lipinski definition) is 6. The molecule has 1 aromatic rings. The van der Waals surface area contributed by atoms with Gasteiger partial charge < -0.3 is 24.8 Å². The Morgan fingerprint density at radius 3 is 2.25 bits per heavy atom. The van der Waals surface area contributed by atoms with E-state index in [4.69, 9.17) is 19.4 Å². The van der Waals surface area contributed by atoms with Crippen molar-refractivity contribution in [1.82, 2.24) is 15.1 Å². The first kappa shape index (κ1) is 25.4. The van der Waals surface area contributed by atoms with Gasteiger partial charge in [-0.05, 0) is 26.1 Å². The molecule has 0 radical (unpaired) electrons. The number of carbonyl (C=O) groups is 3. The summed E-state index contributed by atoms with van der Waals surface area (Å²) in [6, 6.07) is 7.35. The molecule has 9 nitrogen and oxygen atoms in total. The summed E-state index contributed by atoms with van der Waals surface area (Å²) in [4.78, 5) is 36.7. The van der Waals surface area contributed by atoms with Crippen LogP contribution in [0, 0.1) is 6.92 Å². The predicted molar refractivity (Wildman–Crippen MR) is 106 cm³/mol. The zero-order valence-electron chi connectivity index (χ0n) is 17.9. The Kier molecular flexibility index (Phi) is 8.07. The maximum Gasteiger partial charge on any atom is 0.490 e. The standard InChI is InChI=1S/C18H25N3O4.C2HF3O2/c1-13-4-6-14(7-5-13)24-9-16(22)21-11-18(12-21)10-20(3)15(8-25-18)17(23)19-2;3-2(4,5)1(6)7/h4-7,15H,8-12H2,1-3H3,(H,19,23);(H,6,7). The quantitative estimate of drug-likeness (QED) is 0.678. The van der Waals surface area contributed by atoms with Gasteiger partial charge in [0.1, 0.15) is 17.4 Å². The van der Waals surface area contributed by atoms with Crippen molar-refractivity contribution in [2.45, 2.75) is 24.7 Å². The molecule has 2 fully saturated rings. The maximum atomic E-state index is 12.3. The van der Waals surface area contributed by atoms with E-state index in [1.54, 1.807) is 11.9 Å². The number of carbonyl (C=O) groups excluding carboxylic acids is 2. The predicted octanol–water partition coefficient (Wildman–Crippen LogP) is 0.665. The van der Waals surface area contributed by atoms with Gasteiger partial charge in [-0.25, -0.2) is 4.79 Å². The molecule has 12 heteroatoms. The molecule has 0 aliphatic carbocycles. The zero-order valence-corrected chi connectivity index (χ0v) is 17.9. The van der Waals surface area contributed by atoms with Crippen LogP contribution in [0.25, 0.3) is 0 Å². The highest BCUT2D eigenvalue weighted by Crippen LogP contribution is 2.30. The first-order valence-corrected chi connectivity index (χ1v) is 9.70. The molecule has 0 aromatic heterocycles. The lowest BCUT2D eigenvalue weighted by atomic mass is 9.90. The first-order valence-electron chi connectivity index (χ1n) is 9.70. The molecule has 0 bridgehead atoms. The van der Waals surface area contributed by atoms with Gasteiger partial charge in [-0.1, -0.05) is 17.7 Å². The molecule has 3 rings (SSSR count). The Hall–Kier alpha value is -2.86. The van der Waals surface area contributed by atoms with Crippen LogP contribution in [0.3, 0.4) is 0 Å². The molecule has 1 unspecified atom stereocenters. The number of rotatable bonds is 4. The number of carboxylic acids is 1. The maximum absolute atomic E-state index is 12.3. The summed E-state index contributed by atoms with van der Waals surface area (Å²) in [6.45, 7) is 4.08. The number of carboxylic acid groups (broad SMARTS) is 1. The van der Waals surface area contributed by atoms with E-state index in [0.29, 0.717) is 32.0 Å². The number of nitrogens with zero attached hydrogens (tertiary/aromatic N) is 2. The lowest BCUT2D eigenvalue weighted by Gasteiger charge is -2.54. The second kappa shape index (κ2) is 10.2. The topological polar surface area (TPSA) is 108 Å². The Bertz CT molecular complexity index is 825. The minimum absolute atomic E-state index is 0.0237.